The Kier molecular flexibility index (Phi) is 4.48. The van der Waals surface area contributed by atoms with Crippen LogP contribution in [0.15, 0.2) is 30.3 Å². The summed E-state index contributed by atoms with van der Waals surface area (Å²) in [5.41, 5.74) is -1.26. The second-order valence-corrected chi connectivity index (χ2v) is 8.55. The Balaban J connectivity index is 1.89. The molecule has 1 N–H and O–H groups in total. The Morgan fingerprint density at radius 2 is 2.09 bits per heavy atom. The van der Waals surface area contributed by atoms with Crippen molar-refractivity contribution in [2.75, 3.05) is 26.3 Å². The molecule has 5 nitrogen and oxygen atoms in total. The van der Waals surface area contributed by atoms with Crippen molar-refractivity contribution in [1.82, 2.24) is 4.31 Å². The van der Waals surface area contributed by atoms with Gasteiger partial charge in [-0.1, -0.05) is 30.3 Å². The maximum atomic E-state index is 15.2. The van der Waals surface area contributed by atoms with Gasteiger partial charge in [-0.15, -0.1) is 0 Å². The van der Waals surface area contributed by atoms with Gasteiger partial charge in [0, 0.05) is 19.1 Å². The first-order chi connectivity index (χ1) is 10.9. The molecule has 2 aliphatic rings. The van der Waals surface area contributed by atoms with Crippen molar-refractivity contribution in [3.63, 3.8) is 0 Å². The fourth-order valence-corrected chi connectivity index (χ4v) is 5.66. The molecule has 0 aliphatic carbocycles. The summed E-state index contributed by atoms with van der Waals surface area (Å²) in [4.78, 5) is 0. The number of hydrogen-bond donors (Lipinski definition) is 1. The minimum atomic E-state index is -3.65. The van der Waals surface area contributed by atoms with E-state index in [0.717, 1.165) is 0 Å². The van der Waals surface area contributed by atoms with Gasteiger partial charge in [-0.2, -0.15) is 4.31 Å². The van der Waals surface area contributed by atoms with Crippen LogP contribution in [0, 0.1) is 0 Å². The number of ether oxygens (including phenoxy) is 1. The SMILES string of the molecule is CC1OCCC1S(=O)(=O)N1CC(c2ccccc2)C(F)(CO)C1. The zero-order valence-electron chi connectivity index (χ0n) is 13.1. The van der Waals surface area contributed by atoms with E-state index in [-0.39, 0.29) is 19.2 Å². The molecule has 0 amide bonds. The lowest BCUT2D eigenvalue weighted by Gasteiger charge is -2.24. The van der Waals surface area contributed by atoms with E-state index in [1.165, 1.54) is 4.31 Å². The maximum Gasteiger partial charge on any atom is 0.219 e. The summed E-state index contributed by atoms with van der Waals surface area (Å²) in [6, 6.07) is 8.94. The number of aliphatic hydroxyl groups excluding tert-OH is 1. The molecule has 1 aromatic carbocycles. The average molecular weight is 343 g/mol. The fraction of sp³-hybridized carbons (Fsp3) is 0.625. The largest absolute Gasteiger partial charge is 0.393 e. The normalized spacial score (nSPS) is 35.7. The molecular formula is C16H22FNO4S. The predicted molar refractivity (Wildman–Crippen MR) is 84.4 cm³/mol. The highest BCUT2D eigenvalue weighted by Gasteiger charge is 2.53. The predicted octanol–water partition coefficient (Wildman–Crippen LogP) is 1.29. The zero-order valence-corrected chi connectivity index (χ0v) is 13.9. The van der Waals surface area contributed by atoms with Crippen molar-refractivity contribution in [2.45, 2.75) is 36.3 Å². The molecule has 0 spiro atoms. The quantitative estimate of drug-likeness (QED) is 0.895. The van der Waals surface area contributed by atoms with Crippen LogP contribution in [0.2, 0.25) is 0 Å². The number of halogens is 1. The van der Waals surface area contributed by atoms with Crippen LogP contribution in [0.4, 0.5) is 4.39 Å². The van der Waals surface area contributed by atoms with E-state index in [1.54, 1.807) is 31.2 Å². The molecule has 2 aliphatic heterocycles. The summed E-state index contributed by atoms with van der Waals surface area (Å²) in [5, 5.41) is 8.90. The van der Waals surface area contributed by atoms with Crippen LogP contribution in [0.3, 0.4) is 0 Å². The van der Waals surface area contributed by atoms with Gasteiger partial charge in [0.2, 0.25) is 10.0 Å². The number of rotatable bonds is 4. The Labute approximate surface area is 136 Å². The van der Waals surface area contributed by atoms with Crippen LogP contribution >= 0.6 is 0 Å². The first-order valence-corrected chi connectivity index (χ1v) is 9.34. The van der Waals surface area contributed by atoms with E-state index < -0.39 is 33.5 Å². The lowest BCUT2D eigenvalue weighted by molar-refractivity contribution is 0.0701. The lowest BCUT2D eigenvalue weighted by Crippen LogP contribution is -2.42. The van der Waals surface area contributed by atoms with Gasteiger partial charge in [0.05, 0.1) is 19.3 Å². The first kappa shape index (κ1) is 16.8. The molecule has 4 unspecified atom stereocenters. The molecule has 23 heavy (non-hydrogen) atoms. The Morgan fingerprint density at radius 3 is 2.65 bits per heavy atom. The Hall–Kier alpha value is -1.02. The summed E-state index contributed by atoms with van der Waals surface area (Å²) in [7, 11) is -3.65. The van der Waals surface area contributed by atoms with Gasteiger partial charge in [-0.05, 0) is 18.9 Å². The first-order valence-electron chi connectivity index (χ1n) is 7.84. The van der Waals surface area contributed by atoms with E-state index in [4.69, 9.17) is 4.74 Å². The van der Waals surface area contributed by atoms with Crippen LogP contribution in [0.1, 0.15) is 24.8 Å². The minimum Gasteiger partial charge on any atom is -0.393 e. The van der Waals surface area contributed by atoms with Crippen LogP contribution in [-0.2, 0) is 14.8 Å². The van der Waals surface area contributed by atoms with E-state index in [2.05, 4.69) is 0 Å². The van der Waals surface area contributed by atoms with Crippen molar-refractivity contribution < 1.29 is 22.7 Å². The van der Waals surface area contributed by atoms with E-state index in [1.807, 2.05) is 6.07 Å². The van der Waals surface area contributed by atoms with Gasteiger partial charge >= 0.3 is 0 Å². The molecule has 2 fully saturated rings. The van der Waals surface area contributed by atoms with E-state index in [9.17, 15) is 13.5 Å². The number of nitrogens with zero attached hydrogens (tertiary/aromatic N) is 1. The highest BCUT2D eigenvalue weighted by Crippen LogP contribution is 2.41. The molecule has 0 radical (unpaired) electrons. The van der Waals surface area contributed by atoms with Crippen LogP contribution in [-0.4, -0.2) is 61.2 Å². The average Bonchev–Trinajstić information content (AvgIpc) is 3.13. The molecule has 1 aromatic rings. The van der Waals surface area contributed by atoms with Gasteiger partial charge in [-0.3, -0.25) is 0 Å². The van der Waals surface area contributed by atoms with Crippen LogP contribution < -0.4 is 0 Å². The number of aliphatic hydroxyl groups is 1. The van der Waals surface area contributed by atoms with Crippen LogP contribution in [0.25, 0.3) is 0 Å². The highest BCUT2D eigenvalue weighted by molar-refractivity contribution is 7.89. The summed E-state index contributed by atoms with van der Waals surface area (Å²) in [5.74, 6) is -0.666. The van der Waals surface area contributed by atoms with Crippen molar-refractivity contribution in [2.24, 2.45) is 0 Å². The molecule has 128 valence electrons. The van der Waals surface area contributed by atoms with E-state index in [0.29, 0.717) is 18.6 Å². The van der Waals surface area contributed by atoms with E-state index >= 15 is 4.39 Å². The van der Waals surface area contributed by atoms with Gasteiger partial charge in [-0.25, -0.2) is 12.8 Å². The lowest BCUT2D eigenvalue weighted by atomic mass is 9.87. The molecule has 7 heteroatoms. The maximum absolute atomic E-state index is 15.2. The molecule has 4 atom stereocenters. The van der Waals surface area contributed by atoms with Crippen molar-refractivity contribution in [3.05, 3.63) is 35.9 Å². The van der Waals surface area contributed by atoms with Crippen molar-refractivity contribution in [1.29, 1.82) is 0 Å². The smallest absolute Gasteiger partial charge is 0.219 e. The van der Waals surface area contributed by atoms with Gasteiger partial charge in [0.1, 0.15) is 5.25 Å². The van der Waals surface area contributed by atoms with Gasteiger partial charge in [0.15, 0.2) is 5.67 Å². The summed E-state index contributed by atoms with van der Waals surface area (Å²) >= 11 is 0. The number of alkyl halides is 1. The second-order valence-electron chi connectivity index (χ2n) is 6.40. The Morgan fingerprint density at radius 1 is 1.39 bits per heavy atom. The summed E-state index contributed by atoms with van der Waals surface area (Å²) in [6.45, 7) is 1.17. The third kappa shape index (κ3) is 2.91. The van der Waals surface area contributed by atoms with Crippen LogP contribution in [0.5, 0.6) is 0 Å². The molecular weight excluding hydrogens is 321 g/mol. The number of sulfonamides is 1. The monoisotopic (exact) mass is 343 g/mol. The van der Waals surface area contributed by atoms with Crippen molar-refractivity contribution >= 4 is 10.0 Å². The highest BCUT2D eigenvalue weighted by atomic mass is 32.2. The Bertz CT molecular complexity index is 653. The minimum absolute atomic E-state index is 0.0482. The number of benzene rings is 1. The summed E-state index contributed by atoms with van der Waals surface area (Å²) in [6.07, 6.45) is 0.0351. The molecule has 2 saturated heterocycles. The standard InChI is InChI=1S/C16H22FNO4S/c1-12-15(7-8-22-12)23(20,21)18-9-14(16(17,10-18)11-19)13-5-3-2-4-6-13/h2-6,12,14-15,19H,7-11H2,1H3. The fourth-order valence-electron chi connectivity index (χ4n) is 3.57. The topological polar surface area (TPSA) is 66.8 Å². The zero-order chi connectivity index (χ0) is 16.7. The van der Waals surface area contributed by atoms with Gasteiger partial charge in [0.25, 0.3) is 0 Å². The third-order valence-electron chi connectivity index (χ3n) is 4.96. The molecule has 0 saturated carbocycles. The molecule has 2 heterocycles. The molecule has 3 rings (SSSR count). The summed E-state index contributed by atoms with van der Waals surface area (Å²) < 4.78 is 47.4. The molecule has 0 bridgehead atoms. The number of hydrogen-bond acceptors (Lipinski definition) is 4. The van der Waals surface area contributed by atoms with Gasteiger partial charge < -0.3 is 9.84 Å². The molecule has 0 aromatic heterocycles. The van der Waals surface area contributed by atoms with Crippen molar-refractivity contribution in [3.8, 4) is 0 Å². The third-order valence-corrected chi connectivity index (χ3v) is 7.35. The second kappa shape index (κ2) is 6.12.